The van der Waals surface area contributed by atoms with Crippen LogP contribution >= 0.6 is 22.9 Å². The van der Waals surface area contributed by atoms with Gasteiger partial charge in [0.2, 0.25) is 5.82 Å². The molecular formula is C10H4ClF2NO3S. The zero-order valence-corrected chi connectivity index (χ0v) is 10.1. The SMILES string of the molecule is O=C(O)c1sc(Oc2cccc(F)c2F)nc1Cl. The highest BCUT2D eigenvalue weighted by Gasteiger charge is 2.18. The minimum absolute atomic E-state index is 0.179. The molecule has 0 saturated heterocycles. The van der Waals surface area contributed by atoms with E-state index >= 15 is 0 Å². The summed E-state index contributed by atoms with van der Waals surface area (Å²) < 4.78 is 31.1. The zero-order valence-electron chi connectivity index (χ0n) is 8.49. The second-order valence-corrected chi connectivity index (χ2v) is 4.38. The number of rotatable bonds is 3. The van der Waals surface area contributed by atoms with E-state index in [1.807, 2.05) is 0 Å². The number of nitrogens with zero attached hydrogens (tertiary/aromatic N) is 1. The van der Waals surface area contributed by atoms with Crippen molar-refractivity contribution in [3.05, 3.63) is 39.9 Å². The largest absolute Gasteiger partial charge is 0.477 e. The minimum atomic E-state index is -1.27. The van der Waals surface area contributed by atoms with Crippen molar-refractivity contribution in [3.63, 3.8) is 0 Å². The Bertz CT molecular complexity index is 617. The lowest BCUT2D eigenvalue weighted by molar-refractivity contribution is 0.0702. The van der Waals surface area contributed by atoms with Crippen LogP contribution in [0.15, 0.2) is 18.2 Å². The highest BCUT2D eigenvalue weighted by atomic mass is 35.5. The van der Waals surface area contributed by atoms with E-state index in [0.29, 0.717) is 11.3 Å². The van der Waals surface area contributed by atoms with Crippen LogP contribution in [0.3, 0.4) is 0 Å². The topological polar surface area (TPSA) is 59.4 Å². The molecule has 1 heterocycles. The maximum atomic E-state index is 13.3. The molecule has 8 heteroatoms. The van der Waals surface area contributed by atoms with Crippen LogP contribution in [0.5, 0.6) is 10.9 Å². The number of hydrogen-bond acceptors (Lipinski definition) is 4. The maximum Gasteiger partial charge on any atom is 0.349 e. The fraction of sp³-hybridized carbons (Fsp3) is 0. The number of carboxylic acids is 1. The van der Waals surface area contributed by atoms with Gasteiger partial charge in [0.05, 0.1) is 0 Å². The molecule has 0 unspecified atom stereocenters. The highest BCUT2D eigenvalue weighted by molar-refractivity contribution is 7.15. The fourth-order valence-electron chi connectivity index (χ4n) is 1.12. The molecule has 1 aromatic heterocycles. The van der Waals surface area contributed by atoms with Crippen molar-refractivity contribution in [2.24, 2.45) is 0 Å². The van der Waals surface area contributed by atoms with Crippen LogP contribution < -0.4 is 4.74 Å². The Balaban J connectivity index is 2.32. The van der Waals surface area contributed by atoms with Gasteiger partial charge in [-0.3, -0.25) is 0 Å². The van der Waals surface area contributed by atoms with E-state index in [1.165, 1.54) is 12.1 Å². The van der Waals surface area contributed by atoms with Gasteiger partial charge in [-0.25, -0.2) is 9.18 Å². The number of benzene rings is 1. The number of thiazole rings is 1. The van der Waals surface area contributed by atoms with E-state index in [-0.39, 0.29) is 15.2 Å². The second-order valence-electron chi connectivity index (χ2n) is 3.06. The smallest absolute Gasteiger partial charge is 0.349 e. The Morgan fingerprint density at radius 3 is 2.78 bits per heavy atom. The molecule has 0 amide bonds. The van der Waals surface area contributed by atoms with Gasteiger partial charge >= 0.3 is 5.97 Å². The third-order valence-corrected chi connectivity index (χ3v) is 3.18. The summed E-state index contributed by atoms with van der Waals surface area (Å²) in [6, 6.07) is 3.37. The molecule has 2 rings (SSSR count). The predicted octanol–water partition coefficient (Wildman–Crippen LogP) is 3.57. The van der Waals surface area contributed by atoms with E-state index in [2.05, 4.69) is 4.98 Å². The van der Waals surface area contributed by atoms with Gasteiger partial charge in [0, 0.05) is 0 Å². The Morgan fingerprint density at radius 1 is 1.44 bits per heavy atom. The standard InChI is InChI=1S/C10H4ClF2NO3S/c11-8-7(9(15)16)18-10(14-8)17-5-3-1-2-4(12)6(5)13/h1-3H,(H,15,16). The molecule has 94 valence electrons. The summed E-state index contributed by atoms with van der Waals surface area (Å²) >= 11 is 6.17. The maximum absolute atomic E-state index is 13.3. The van der Waals surface area contributed by atoms with Gasteiger partial charge < -0.3 is 9.84 Å². The Kier molecular flexibility index (Phi) is 3.44. The molecule has 0 spiro atoms. The van der Waals surface area contributed by atoms with Gasteiger partial charge in [-0.05, 0) is 12.1 Å². The van der Waals surface area contributed by atoms with Crippen molar-refractivity contribution in [3.8, 4) is 10.9 Å². The molecule has 0 aliphatic heterocycles. The van der Waals surface area contributed by atoms with Gasteiger partial charge in [-0.1, -0.05) is 29.0 Å². The minimum Gasteiger partial charge on any atom is -0.477 e. The monoisotopic (exact) mass is 291 g/mol. The lowest BCUT2D eigenvalue weighted by Crippen LogP contribution is -1.91. The van der Waals surface area contributed by atoms with Gasteiger partial charge in [0.25, 0.3) is 5.19 Å². The van der Waals surface area contributed by atoms with Crippen LogP contribution in [0.1, 0.15) is 9.67 Å². The lowest BCUT2D eigenvalue weighted by Gasteiger charge is -2.02. The van der Waals surface area contributed by atoms with Crippen LogP contribution in [0, 0.1) is 11.6 Å². The third-order valence-electron chi connectivity index (χ3n) is 1.87. The number of aromatic carboxylic acids is 1. The average Bonchev–Trinajstić information content (AvgIpc) is 2.66. The Hall–Kier alpha value is -1.73. The predicted molar refractivity (Wildman–Crippen MR) is 60.5 cm³/mol. The van der Waals surface area contributed by atoms with Crippen LogP contribution in [-0.2, 0) is 0 Å². The molecular weight excluding hydrogens is 288 g/mol. The van der Waals surface area contributed by atoms with Crippen molar-refractivity contribution in [1.29, 1.82) is 0 Å². The summed E-state index contributed by atoms with van der Waals surface area (Å²) in [5, 5.41) is 8.30. The molecule has 0 fully saturated rings. The summed E-state index contributed by atoms with van der Waals surface area (Å²) in [5.74, 6) is -3.92. The summed E-state index contributed by atoms with van der Waals surface area (Å²) in [7, 11) is 0. The fourth-order valence-corrected chi connectivity index (χ4v) is 2.10. The van der Waals surface area contributed by atoms with Gasteiger partial charge in [0.15, 0.2) is 21.6 Å². The summed E-state index contributed by atoms with van der Waals surface area (Å²) in [6.07, 6.45) is 0. The van der Waals surface area contributed by atoms with Gasteiger partial charge in [0.1, 0.15) is 0 Å². The van der Waals surface area contributed by atoms with Crippen LogP contribution in [0.25, 0.3) is 0 Å². The third kappa shape index (κ3) is 2.41. The van der Waals surface area contributed by atoms with Crippen molar-refractivity contribution >= 4 is 28.9 Å². The Morgan fingerprint density at radius 2 is 2.17 bits per heavy atom. The average molecular weight is 292 g/mol. The molecule has 1 aromatic carbocycles. The summed E-state index contributed by atoms with van der Waals surface area (Å²) in [6.45, 7) is 0. The number of aromatic nitrogens is 1. The molecule has 0 atom stereocenters. The normalized spacial score (nSPS) is 10.4. The van der Waals surface area contributed by atoms with Crippen LogP contribution in [-0.4, -0.2) is 16.1 Å². The molecule has 0 bridgehead atoms. The number of carboxylic acid groups (broad SMARTS) is 1. The number of halogens is 3. The van der Waals surface area contributed by atoms with Crippen molar-refractivity contribution in [2.45, 2.75) is 0 Å². The van der Waals surface area contributed by atoms with Gasteiger partial charge in [-0.2, -0.15) is 9.37 Å². The van der Waals surface area contributed by atoms with Crippen LogP contribution in [0.4, 0.5) is 8.78 Å². The van der Waals surface area contributed by atoms with E-state index in [4.69, 9.17) is 21.4 Å². The molecule has 0 aliphatic rings. The van der Waals surface area contributed by atoms with E-state index < -0.39 is 23.4 Å². The molecule has 18 heavy (non-hydrogen) atoms. The lowest BCUT2D eigenvalue weighted by atomic mass is 10.3. The number of ether oxygens (including phenoxy) is 1. The highest BCUT2D eigenvalue weighted by Crippen LogP contribution is 2.33. The molecule has 0 aliphatic carbocycles. The molecule has 0 radical (unpaired) electrons. The Labute approximate surface area is 108 Å². The van der Waals surface area contributed by atoms with E-state index in [0.717, 1.165) is 6.07 Å². The zero-order chi connectivity index (χ0) is 13.3. The number of carbonyl (C=O) groups is 1. The molecule has 1 N–H and O–H groups in total. The molecule has 4 nitrogen and oxygen atoms in total. The van der Waals surface area contributed by atoms with Crippen molar-refractivity contribution in [1.82, 2.24) is 4.98 Å². The van der Waals surface area contributed by atoms with Crippen LogP contribution in [0.2, 0.25) is 5.15 Å². The quantitative estimate of drug-likeness (QED) is 0.939. The van der Waals surface area contributed by atoms with E-state index in [9.17, 15) is 13.6 Å². The molecule has 0 saturated carbocycles. The number of hydrogen-bond donors (Lipinski definition) is 1. The first kappa shape index (κ1) is 12.7. The first-order valence-electron chi connectivity index (χ1n) is 4.50. The first-order valence-corrected chi connectivity index (χ1v) is 5.70. The summed E-state index contributed by atoms with van der Waals surface area (Å²) in [5.41, 5.74) is 0. The van der Waals surface area contributed by atoms with Crippen molar-refractivity contribution < 1.29 is 23.4 Å². The summed E-state index contributed by atoms with van der Waals surface area (Å²) in [4.78, 5) is 14.1. The van der Waals surface area contributed by atoms with E-state index in [1.54, 1.807) is 0 Å². The molecule has 2 aromatic rings. The van der Waals surface area contributed by atoms with Gasteiger partial charge in [-0.15, -0.1) is 0 Å². The second kappa shape index (κ2) is 4.87. The van der Waals surface area contributed by atoms with Crippen molar-refractivity contribution in [2.75, 3.05) is 0 Å². The first-order chi connectivity index (χ1) is 8.49.